The predicted octanol–water partition coefficient (Wildman–Crippen LogP) is 1.95. The van der Waals surface area contributed by atoms with E-state index in [1.165, 1.54) is 12.1 Å². The number of likely N-dealkylation sites (tertiary alicyclic amines) is 1. The lowest BCUT2D eigenvalue weighted by Crippen LogP contribution is -2.44. The second kappa shape index (κ2) is 6.91. The van der Waals surface area contributed by atoms with Crippen LogP contribution in [0, 0.1) is 5.82 Å². The number of benzene rings is 1. The van der Waals surface area contributed by atoms with Crippen molar-refractivity contribution in [3.05, 3.63) is 53.9 Å². The summed E-state index contributed by atoms with van der Waals surface area (Å²) < 4.78 is 14.7. The maximum absolute atomic E-state index is 12.9. The van der Waals surface area contributed by atoms with Crippen LogP contribution in [-0.4, -0.2) is 39.5 Å². The summed E-state index contributed by atoms with van der Waals surface area (Å²) in [5.41, 5.74) is 1.57. The Morgan fingerprint density at radius 3 is 2.61 bits per heavy atom. The van der Waals surface area contributed by atoms with E-state index in [2.05, 4.69) is 15.2 Å². The van der Waals surface area contributed by atoms with Crippen LogP contribution in [0.2, 0.25) is 0 Å². The maximum atomic E-state index is 12.9. The number of hydrogen-bond donors (Lipinski definition) is 1. The molecule has 1 fully saturated rings. The van der Waals surface area contributed by atoms with Gasteiger partial charge in [0.1, 0.15) is 11.5 Å². The molecule has 0 radical (unpaired) electrons. The first kappa shape index (κ1) is 15.7. The van der Waals surface area contributed by atoms with E-state index in [0.717, 1.165) is 38.0 Å². The highest BCUT2D eigenvalue weighted by Gasteiger charge is 2.21. The third-order valence-corrected chi connectivity index (χ3v) is 4.18. The highest BCUT2D eigenvalue weighted by atomic mass is 19.1. The lowest BCUT2D eigenvalue weighted by molar-refractivity contribution is 0.0904. The van der Waals surface area contributed by atoms with Gasteiger partial charge in [-0.15, -0.1) is 0 Å². The average Bonchev–Trinajstić information content (AvgIpc) is 2.98. The summed E-state index contributed by atoms with van der Waals surface area (Å²) in [6, 6.07) is 6.83. The molecule has 0 bridgehead atoms. The van der Waals surface area contributed by atoms with Crippen LogP contribution in [-0.2, 0) is 13.6 Å². The molecule has 23 heavy (non-hydrogen) atoms. The van der Waals surface area contributed by atoms with Gasteiger partial charge in [0, 0.05) is 38.9 Å². The van der Waals surface area contributed by atoms with Gasteiger partial charge in [-0.1, -0.05) is 12.1 Å². The van der Waals surface area contributed by atoms with Crippen molar-refractivity contribution in [1.82, 2.24) is 19.8 Å². The number of aromatic nitrogens is 2. The normalized spacial score (nSPS) is 16.4. The number of aryl methyl sites for hydroxylation is 1. The summed E-state index contributed by atoms with van der Waals surface area (Å²) in [4.78, 5) is 18.5. The van der Waals surface area contributed by atoms with Crippen molar-refractivity contribution in [3.8, 4) is 0 Å². The molecule has 1 aliphatic rings. The number of imidazole rings is 1. The molecule has 6 heteroatoms. The zero-order valence-corrected chi connectivity index (χ0v) is 13.2. The Labute approximate surface area is 135 Å². The van der Waals surface area contributed by atoms with E-state index in [1.54, 1.807) is 17.1 Å². The molecule has 0 aliphatic carbocycles. The van der Waals surface area contributed by atoms with Gasteiger partial charge in [-0.2, -0.15) is 0 Å². The van der Waals surface area contributed by atoms with Crippen LogP contribution in [0.5, 0.6) is 0 Å². The zero-order valence-electron chi connectivity index (χ0n) is 13.2. The number of nitrogens with zero attached hydrogens (tertiary/aromatic N) is 3. The summed E-state index contributed by atoms with van der Waals surface area (Å²) in [6.45, 7) is 2.66. The quantitative estimate of drug-likeness (QED) is 0.938. The molecule has 1 aromatic carbocycles. The minimum atomic E-state index is -0.204. The molecule has 5 nitrogen and oxygen atoms in total. The highest BCUT2D eigenvalue weighted by molar-refractivity contribution is 5.92. The van der Waals surface area contributed by atoms with Gasteiger partial charge in [-0.3, -0.25) is 9.69 Å². The molecule has 0 saturated carbocycles. The largest absolute Gasteiger partial charge is 0.348 e. The van der Waals surface area contributed by atoms with Gasteiger partial charge in [-0.25, -0.2) is 9.37 Å². The Morgan fingerprint density at radius 1 is 1.30 bits per heavy atom. The second-order valence-corrected chi connectivity index (χ2v) is 6.07. The Morgan fingerprint density at radius 2 is 2.00 bits per heavy atom. The summed E-state index contributed by atoms with van der Waals surface area (Å²) >= 11 is 0. The molecule has 1 N–H and O–H groups in total. The number of halogens is 1. The van der Waals surface area contributed by atoms with E-state index in [0.29, 0.717) is 5.69 Å². The van der Waals surface area contributed by atoms with E-state index in [1.807, 2.05) is 19.2 Å². The summed E-state index contributed by atoms with van der Waals surface area (Å²) in [5, 5.41) is 3.05. The molecule has 0 spiro atoms. The fourth-order valence-corrected chi connectivity index (χ4v) is 2.87. The lowest BCUT2D eigenvalue weighted by atomic mass is 10.0. The number of piperidine rings is 1. The van der Waals surface area contributed by atoms with Crippen molar-refractivity contribution >= 4 is 5.91 Å². The molecular weight excluding hydrogens is 295 g/mol. The third-order valence-electron chi connectivity index (χ3n) is 4.18. The molecule has 3 rings (SSSR count). The van der Waals surface area contributed by atoms with Gasteiger partial charge >= 0.3 is 0 Å². The SMILES string of the molecule is Cn1cnc(C(=O)NC2CCN(Cc3ccc(F)cc3)CC2)c1. The van der Waals surface area contributed by atoms with Gasteiger partial charge in [0.25, 0.3) is 5.91 Å². The van der Waals surface area contributed by atoms with E-state index < -0.39 is 0 Å². The predicted molar refractivity (Wildman–Crippen MR) is 85.4 cm³/mol. The van der Waals surface area contributed by atoms with Crippen molar-refractivity contribution in [2.45, 2.75) is 25.4 Å². The van der Waals surface area contributed by atoms with Crippen molar-refractivity contribution in [1.29, 1.82) is 0 Å². The molecule has 1 amide bonds. The monoisotopic (exact) mass is 316 g/mol. The third kappa shape index (κ3) is 4.16. The van der Waals surface area contributed by atoms with Gasteiger partial charge in [0.05, 0.1) is 6.33 Å². The molecule has 0 unspecified atom stereocenters. The van der Waals surface area contributed by atoms with Crippen LogP contribution in [0.15, 0.2) is 36.8 Å². The van der Waals surface area contributed by atoms with Crippen LogP contribution < -0.4 is 5.32 Å². The number of rotatable bonds is 4. The molecular formula is C17H21FN4O. The fraction of sp³-hybridized carbons (Fsp3) is 0.412. The van der Waals surface area contributed by atoms with E-state index in [4.69, 9.17) is 0 Å². The maximum Gasteiger partial charge on any atom is 0.271 e. The van der Waals surface area contributed by atoms with Crippen molar-refractivity contribution < 1.29 is 9.18 Å². The molecule has 2 heterocycles. The van der Waals surface area contributed by atoms with Crippen LogP contribution in [0.4, 0.5) is 4.39 Å². The number of nitrogens with one attached hydrogen (secondary N) is 1. The first-order valence-corrected chi connectivity index (χ1v) is 7.86. The standard InChI is InChI=1S/C17H21FN4O/c1-21-11-16(19-12-21)17(23)20-15-6-8-22(9-7-15)10-13-2-4-14(18)5-3-13/h2-5,11-12,15H,6-10H2,1H3,(H,20,23). The van der Waals surface area contributed by atoms with Crippen LogP contribution in [0.3, 0.4) is 0 Å². The van der Waals surface area contributed by atoms with E-state index in [-0.39, 0.29) is 17.8 Å². The summed E-state index contributed by atoms with van der Waals surface area (Å²) in [7, 11) is 1.84. The number of hydrogen-bond acceptors (Lipinski definition) is 3. The van der Waals surface area contributed by atoms with Crippen LogP contribution in [0.1, 0.15) is 28.9 Å². The minimum absolute atomic E-state index is 0.109. The lowest BCUT2D eigenvalue weighted by Gasteiger charge is -2.32. The van der Waals surface area contributed by atoms with Crippen LogP contribution >= 0.6 is 0 Å². The second-order valence-electron chi connectivity index (χ2n) is 6.07. The van der Waals surface area contributed by atoms with Gasteiger partial charge in [0.15, 0.2) is 0 Å². The average molecular weight is 316 g/mol. The fourth-order valence-electron chi connectivity index (χ4n) is 2.87. The summed E-state index contributed by atoms with van der Waals surface area (Å²) in [5.74, 6) is -0.313. The first-order valence-electron chi connectivity index (χ1n) is 7.86. The van der Waals surface area contributed by atoms with Crippen LogP contribution in [0.25, 0.3) is 0 Å². The molecule has 1 aromatic heterocycles. The zero-order chi connectivity index (χ0) is 16.2. The highest BCUT2D eigenvalue weighted by Crippen LogP contribution is 2.14. The number of amides is 1. The summed E-state index contributed by atoms with van der Waals surface area (Å²) in [6.07, 6.45) is 5.18. The Balaban J connectivity index is 1.46. The van der Waals surface area contributed by atoms with Gasteiger partial charge < -0.3 is 9.88 Å². The molecule has 2 aromatic rings. The van der Waals surface area contributed by atoms with E-state index >= 15 is 0 Å². The van der Waals surface area contributed by atoms with Crippen molar-refractivity contribution in [2.75, 3.05) is 13.1 Å². The van der Waals surface area contributed by atoms with Gasteiger partial charge in [0.2, 0.25) is 0 Å². The number of carbonyl (C=O) groups is 1. The first-order chi connectivity index (χ1) is 11.1. The minimum Gasteiger partial charge on any atom is -0.348 e. The molecule has 1 aliphatic heterocycles. The Bertz CT molecular complexity index is 659. The molecule has 122 valence electrons. The van der Waals surface area contributed by atoms with E-state index in [9.17, 15) is 9.18 Å². The Kier molecular flexibility index (Phi) is 4.71. The topological polar surface area (TPSA) is 50.2 Å². The Hall–Kier alpha value is -2.21. The molecule has 1 saturated heterocycles. The van der Waals surface area contributed by atoms with Crippen molar-refractivity contribution in [3.63, 3.8) is 0 Å². The smallest absolute Gasteiger partial charge is 0.271 e. The molecule has 0 atom stereocenters. The number of carbonyl (C=O) groups excluding carboxylic acids is 1. The van der Waals surface area contributed by atoms with Gasteiger partial charge in [-0.05, 0) is 30.5 Å². The van der Waals surface area contributed by atoms with Crippen molar-refractivity contribution in [2.24, 2.45) is 7.05 Å².